The third-order valence-electron chi connectivity index (χ3n) is 2.26. The molecule has 0 radical (unpaired) electrons. The van der Waals surface area contributed by atoms with Crippen LogP contribution in [0.15, 0.2) is 24.3 Å². The van der Waals surface area contributed by atoms with Crippen molar-refractivity contribution in [2.75, 3.05) is 7.11 Å². The Morgan fingerprint density at radius 2 is 1.79 bits per heavy atom. The van der Waals surface area contributed by atoms with Crippen LogP contribution in [0.5, 0.6) is 0 Å². The van der Waals surface area contributed by atoms with Gasteiger partial charge in [-0.2, -0.15) is 0 Å². The Balaban J connectivity index is 2.72. The summed E-state index contributed by atoms with van der Waals surface area (Å²) in [5, 5.41) is 9.79. The minimum absolute atomic E-state index is 0.253. The summed E-state index contributed by atoms with van der Waals surface area (Å²) in [6, 6.07) is 7.90. The fourth-order valence-corrected chi connectivity index (χ4v) is 1.36. The van der Waals surface area contributed by atoms with Gasteiger partial charge in [0.15, 0.2) is 0 Å². The van der Waals surface area contributed by atoms with E-state index in [1.54, 1.807) is 7.11 Å². The molecule has 0 heterocycles. The molecule has 0 aliphatic carbocycles. The van der Waals surface area contributed by atoms with Crippen molar-refractivity contribution in [3.63, 3.8) is 0 Å². The molecule has 78 valence electrons. The summed E-state index contributed by atoms with van der Waals surface area (Å²) in [6.07, 6.45) is -0.369. The average molecular weight is 194 g/mol. The molecule has 1 unspecified atom stereocenters. The Morgan fingerprint density at radius 1 is 1.21 bits per heavy atom. The number of rotatable bonds is 4. The van der Waals surface area contributed by atoms with E-state index in [0.717, 1.165) is 11.1 Å². The molecule has 1 atom stereocenters. The lowest BCUT2D eigenvalue weighted by Gasteiger charge is -2.14. The molecule has 0 bridgehead atoms. The Hall–Kier alpha value is -0.860. The van der Waals surface area contributed by atoms with Gasteiger partial charge in [-0.1, -0.05) is 38.1 Å². The molecule has 1 aromatic rings. The molecule has 0 amide bonds. The SMILES string of the molecule is COCc1ccc(C(O)C(C)C)cc1. The molecule has 1 aromatic carbocycles. The van der Waals surface area contributed by atoms with E-state index >= 15 is 0 Å². The van der Waals surface area contributed by atoms with Gasteiger partial charge in [-0.25, -0.2) is 0 Å². The summed E-state index contributed by atoms with van der Waals surface area (Å²) in [4.78, 5) is 0. The van der Waals surface area contributed by atoms with Crippen LogP contribution in [0.4, 0.5) is 0 Å². The Bertz CT molecular complexity index is 264. The van der Waals surface area contributed by atoms with Crippen molar-refractivity contribution >= 4 is 0 Å². The molecule has 0 aliphatic rings. The van der Waals surface area contributed by atoms with E-state index in [-0.39, 0.29) is 12.0 Å². The van der Waals surface area contributed by atoms with Crippen molar-refractivity contribution in [1.29, 1.82) is 0 Å². The van der Waals surface area contributed by atoms with Crippen LogP contribution in [-0.2, 0) is 11.3 Å². The lowest BCUT2D eigenvalue weighted by atomic mass is 9.98. The summed E-state index contributed by atoms with van der Waals surface area (Å²) >= 11 is 0. The van der Waals surface area contributed by atoms with Crippen LogP contribution in [0.3, 0.4) is 0 Å². The second kappa shape index (κ2) is 5.13. The highest BCUT2D eigenvalue weighted by Gasteiger charge is 2.10. The Kier molecular flexibility index (Phi) is 4.11. The highest BCUT2D eigenvalue weighted by molar-refractivity contribution is 5.23. The largest absolute Gasteiger partial charge is 0.388 e. The number of hydrogen-bond acceptors (Lipinski definition) is 2. The third-order valence-corrected chi connectivity index (χ3v) is 2.26. The third kappa shape index (κ3) is 2.82. The van der Waals surface area contributed by atoms with E-state index < -0.39 is 0 Å². The second-order valence-corrected chi connectivity index (χ2v) is 3.86. The zero-order chi connectivity index (χ0) is 10.6. The first-order chi connectivity index (χ1) is 6.65. The van der Waals surface area contributed by atoms with Gasteiger partial charge in [-0.15, -0.1) is 0 Å². The van der Waals surface area contributed by atoms with Crippen molar-refractivity contribution in [3.8, 4) is 0 Å². The highest BCUT2D eigenvalue weighted by atomic mass is 16.5. The topological polar surface area (TPSA) is 29.5 Å². The molecule has 14 heavy (non-hydrogen) atoms. The van der Waals surface area contributed by atoms with Gasteiger partial charge in [0, 0.05) is 7.11 Å². The minimum Gasteiger partial charge on any atom is -0.388 e. The Morgan fingerprint density at radius 3 is 2.21 bits per heavy atom. The van der Waals surface area contributed by atoms with Crippen LogP contribution in [0.1, 0.15) is 31.1 Å². The number of aliphatic hydroxyl groups is 1. The summed E-state index contributed by atoms with van der Waals surface area (Å²) in [7, 11) is 1.68. The number of hydrogen-bond donors (Lipinski definition) is 1. The minimum atomic E-state index is -0.369. The van der Waals surface area contributed by atoms with Gasteiger partial charge in [-0.3, -0.25) is 0 Å². The van der Waals surface area contributed by atoms with Crippen molar-refractivity contribution in [2.45, 2.75) is 26.6 Å². The van der Waals surface area contributed by atoms with E-state index in [1.807, 2.05) is 38.1 Å². The molecular weight excluding hydrogens is 176 g/mol. The average Bonchev–Trinajstić information content (AvgIpc) is 2.18. The molecule has 1 N–H and O–H groups in total. The molecule has 0 aliphatic heterocycles. The van der Waals surface area contributed by atoms with Crippen molar-refractivity contribution in [3.05, 3.63) is 35.4 Å². The summed E-state index contributed by atoms with van der Waals surface area (Å²) < 4.78 is 5.01. The standard InChI is InChI=1S/C12H18O2/c1-9(2)12(13)11-6-4-10(5-7-11)8-14-3/h4-7,9,12-13H,8H2,1-3H3. The number of ether oxygens (including phenoxy) is 1. The van der Waals surface area contributed by atoms with Gasteiger partial charge < -0.3 is 9.84 Å². The fourth-order valence-electron chi connectivity index (χ4n) is 1.36. The van der Waals surface area contributed by atoms with Gasteiger partial charge in [0.25, 0.3) is 0 Å². The predicted octanol–water partition coefficient (Wildman–Crippen LogP) is 2.52. The molecule has 0 saturated heterocycles. The quantitative estimate of drug-likeness (QED) is 0.798. The van der Waals surface area contributed by atoms with Crippen LogP contribution in [0, 0.1) is 5.92 Å². The summed E-state index contributed by atoms with van der Waals surface area (Å²) in [5.74, 6) is 0.253. The van der Waals surface area contributed by atoms with Gasteiger partial charge in [0.2, 0.25) is 0 Å². The molecule has 2 nitrogen and oxygen atoms in total. The van der Waals surface area contributed by atoms with E-state index in [2.05, 4.69) is 0 Å². The van der Waals surface area contributed by atoms with Gasteiger partial charge in [-0.05, 0) is 17.0 Å². The molecule has 2 heteroatoms. The normalized spacial score (nSPS) is 13.2. The zero-order valence-corrected chi connectivity index (χ0v) is 9.03. The van der Waals surface area contributed by atoms with E-state index in [9.17, 15) is 5.11 Å². The summed E-state index contributed by atoms with van der Waals surface area (Å²) in [5.41, 5.74) is 2.10. The molecule has 0 fully saturated rings. The monoisotopic (exact) mass is 194 g/mol. The predicted molar refractivity (Wildman–Crippen MR) is 57.0 cm³/mol. The fraction of sp³-hybridized carbons (Fsp3) is 0.500. The summed E-state index contributed by atoms with van der Waals surface area (Å²) in [6.45, 7) is 4.64. The number of aliphatic hydroxyl groups excluding tert-OH is 1. The maximum atomic E-state index is 9.79. The van der Waals surface area contributed by atoms with Crippen LogP contribution in [-0.4, -0.2) is 12.2 Å². The van der Waals surface area contributed by atoms with Gasteiger partial charge in [0.1, 0.15) is 0 Å². The van der Waals surface area contributed by atoms with Crippen LogP contribution in [0.2, 0.25) is 0 Å². The first-order valence-electron chi connectivity index (χ1n) is 4.91. The molecular formula is C12H18O2. The highest BCUT2D eigenvalue weighted by Crippen LogP contribution is 2.21. The lowest BCUT2D eigenvalue weighted by Crippen LogP contribution is -2.05. The van der Waals surface area contributed by atoms with Crippen LogP contribution in [0.25, 0.3) is 0 Å². The first-order valence-corrected chi connectivity index (χ1v) is 4.91. The van der Waals surface area contributed by atoms with E-state index in [0.29, 0.717) is 6.61 Å². The maximum Gasteiger partial charge on any atom is 0.0812 e. The lowest BCUT2D eigenvalue weighted by molar-refractivity contribution is 0.127. The van der Waals surface area contributed by atoms with Gasteiger partial charge in [0.05, 0.1) is 12.7 Å². The van der Waals surface area contributed by atoms with E-state index in [1.165, 1.54) is 0 Å². The first kappa shape index (κ1) is 11.2. The van der Waals surface area contributed by atoms with Gasteiger partial charge >= 0.3 is 0 Å². The zero-order valence-electron chi connectivity index (χ0n) is 9.03. The molecule has 1 rings (SSSR count). The molecule has 0 spiro atoms. The Labute approximate surface area is 85.5 Å². The van der Waals surface area contributed by atoms with Crippen molar-refractivity contribution < 1.29 is 9.84 Å². The van der Waals surface area contributed by atoms with Crippen molar-refractivity contribution in [1.82, 2.24) is 0 Å². The second-order valence-electron chi connectivity index (χ2n) is 3.86. The van der Waals surface area contributed by atoms with E-state index in [4.69, 9.17) is 4.74 Å². The smallest absolute Gasteiger partial charge is 0.0812 e. The maximum absolute atomic E-state index is 9.79. The molecule has 0 saturated carbocycles. The number of benzene rings is 1. The van der Waals surface area contributed by atoms with Crippen LogP contribution >= 0.6 is 0 Å². The molecule has 0 aromatic heterocycles. The van der Waals surface area contributed by atoms with Crippen LogP contribution < -0.4 is 0 Å². The number of methoxy groups -OCH3 is 1. The van der Waals surface area contributed by atoms with Crippen molar-refractivity contribution in [2.24, 2.45) is 5.92 Å².